The van der Waals surface area contributed by atoms with E-state index in [1.165, 1.54) is 12.1 Å². The van der Waals surface area contributed by atoms with Gasteiger partial charge in [-0.15, -0.1) is 11.6 Å². The molecule has 0 saturated heterocycles. The molecule has 3 amide bonds. The van der Waals surface area contributed by atoms with Crippen molar-refractivity contribution in [2.45, 2.75) is 26.8 Å². The van der Waals surface area contributed by atoms with E-state index < -0.39 is 0 Å². The molecule has 0 bridgehead atoms. The van der Waals surface area contributed by atoms with Crippen molar-refractivity contribution in [2.24, 2.45) is 0 Å². The van der Waals surface area contributed by atoms with Gasteiger partial charge in [0.2, 0.25) is 5.91 Å². The molecule has 0 unspecified atom stereocenters. The Balaban J connectivity index is 1.61. The summed E-state index contributed by atoms with van der Waals surface area (Å²) in [5.74, 6) is -1.45. The molecular weight excluding hydrogens is 471 g/mol. The minimum Gasteiger partial charge on any atom is -0.357 e. The third-order valence-electron chi connectivity index (χ3n) is 5.93. The van der Waals surface area contributed by atoms with Gasteiger partial charge in [0.05, 0.1) is 17.3 Å². The van der Waals surface area contributed by atoms with Crippen LogP contribution < -0.4 is 16.0 Å². The van der Waals surface area contributed by atoms with Crippen LogP contribution in [0.3, 0.4) is 0 Å². The number of carbonyl (C=O) groups excluding carboxylic acids is 3. The zero-order valence-corrected chi connectivity index (χ0v) is 20.1. The number of carbonyl (C=O) groups is 3. The lowest BCUT2D eigenvalue weighted by atomic mass is 10.0. The zero-order chi connectivity index (χ0) is 25.3. The first-order chi connectivity index (χ1) is 16.7. The highest BCUT2D eigenvalue weighted by Crippen LogP contribution is 2.35. The molecule has 35 heavy (non-hydrogen) atoms. The number of anilines is 2. The molecule has 1 atom stereocenters. The van der Waals surface area contributed by atoms with Gasteiger partial charge in [-0.25, -0.2) is 4.39 Å². The van der Waals surface area contributed by atoms with Gasteiger partial charge in [-0.3, -0.25) is 14.4 Å². The number of halogens is 2. The standard InChI is InChI=1S/C26H24ClFN4O3/c1-13-22(29-15(3)24(13)32-23(33)12-27)11-20-19-10-17(6-9-21(19)31-26(20)35)25(34)30-14(2)16-4-7-18(28)8-5-16/h4-11,14,29H,12H2,1-3H3,(H,30,34)(H,31,35)(H,32,33)/b20-11-/t14-/m1/s1. The van der Waals surface area contributed by atoms with Crippen molar-refractivity contribution >= 4 is 52.3 Å². The minimum absolute atomic E-state index is 0.166. The number of H-pyrrole nitrogens is 1. The molecule has 0 fully saturated rings. The number of hydrogen-bond acceptors (Lipinski definition) is 3. The molecule has 180 valence electrons. The van der Waals surface area contributed by atoms with Crippen LogP contribution in [0.25, 0.3) is 11.6 Å². The number of hydrogen-bond donors (Lipinski definition) is 4. The first-order valence-corrected chi connectivity index (χ1v) is 11.5. The van der Waals surface area contributed by atoms with Gasteiger partial charge in [0, 0.05) is 28.2 Å². The van der Waals surface area contributed by atoms with Crippen molar-refractivity contribution in [1.29, 1.82) is 0 Å². The SMILES string of the molecule is Cc1[nH]c(/C=C2\C(=O)Nc3ccc(C(=O)N[C@H](C)c4ccc(F)cc4)cc32)c(C)c1NC(=O)CCl. The van der Waals surface area contributed by atoms with Gasteiger partial charge in [-0.05, 0) is 68.3 Å². The third-order valence-corrected chi connectivity index (χ3v) is 6.18. The Labute approximate surface area is 206 Å². The number of amides is 3. The molecule has 2 aromatic carbocycles. The fourth-order valence-corrected chi connectivity index (χ4v) is 4.08. The van der Waals surface area contributed by atoms with Crippen molar-refractivity contribution < 1.29 is 18.8 Å². The van der Waals surface area contributed by atoms with Gasteiger partial charge >= 0.3 is 0 Å². The van der Waals surface area contributed by atoms with Crippen LogP contribution in [0.15, 0.2) is 42.5 Å². The Hall–Kier alpha value is -3.91. The lowest BCUT2D eigenvalue weighted by molar-refractivity contribution is -0.114. The predicted molar refractivity (Wildman–Crippen MR) is 135 cm³/mol. The Kier molecular flexibility index (Phi) is 6.75. The molecule has 4 rings (SSSR count). The lowest BCUT2D eigenvalue weighted by Gasteiger charge is -2.15. The average Bonchev–Trinajstić information content (AvgIpc) is 3.29. The minimum atomic E-state index is -0.344. The molecule has 3 aromatic rings. The van der Waals surface area contributed by atoms with Gasteiger partial charge in [-0.2, -0.15) is 0 Å². The van der Waals surface area contributed by atoms with E-state index in [1.807, 2.05) is 20.8 Å². The average molecular weight is 495 g/mol. The van der Waals surface area contributed by atoms with Crippen LogP contribution >= 0.6 is 11.6 Å². The quantitative estimate of drug-likeness (QED) is 0.288. The largest absolute Gasteiger partial charge is 0.357 e. The van der Waals surface area contributed by atoms with Gasteiger partial charge < -0.3 is 20.9 Å². The number of nitrogens with one attached hydrogen (secondary N) is 4. The van der Waals surface area contributed by atoms with Crippen molar-refractivity contribution in [3.8, 4) is 0 Å². The van der Waals surface area contributed by atoms with E-state index in [4.69, 9.17) is 11.6 Å². The molecule has 9 heteroatoms. The summed E-state index contributed by atoms with van der Waals surface area (Å²) < 4.78 is 13.2. The number of aryl methyl sites for hydroxylation is 1. The highest BCUT2D eigenvalue weighted by molar-refractivity contribution is 6.35. The number of fused-ring (bicyclic) bond motifs is 1. The van der Waals surface area contributed by atoms with E-state index in [-0.39, 0.29) is 35.5 Å². The fourth-order valence-electron chi connectivity index (χ4n) is 4.01. The summed E-state index contributed by atoms with van der Waals surface area (Å²) in [6, 6.07) is 10.6. The number of aromatic nitrogens is 1. The van der Waals surface area contributed by atoms with Gasteiger partial charge in [0.1, 0.15) is 11.7 Å². The van der Waals surface area contributed by atoms with Gasteiger partial charge in [-0.1, -0.05) is 12.1 Å². The molecule has 0 aliphatic carbocycles. The Morgan fingerprint density at radius 1 is 1.14 bits per heavy atom. The molecule has 1 aliphatic rings. The molecule has 7 nitrogen and oxygen atoms in total. The van der Waals surface area contributed by atoms with Crippen LogP contribution in [0.1, 0.15) is 51.4 Å². The van der Waals surface area contributed by atoms with Crippen molar-refractivity contribution in [2.75, 3.05) is 16.5 Å². The maximum atomic E-state index is 13.2. The first kappa shape index (κ1) is 24.2. The number of rotatable bonds is 6. The maximum Gasteiger partial charge on any atom is 0.256 e. The second kappa shape index (κ2) is 9.76. The lowest BCUT2D eigenvalue weighted by Crippen LogP contribution is -2.26. The van der Waals surface area contributed by atoms with E-state index in [0.29, 0.717) is 33.8 Å². The van der Waals surface area contributed by atoms with Crippen LogP contribution in [0.4, 0.5) is 15.8 Å². The molecule has 2 heterocycles. The number of alkyl halides is 1. The molecule has 1 aliphatic heterocycles. The van der Waals surface area contributed by atoms with Crippen LogP contribution in [-0.4, -0.2) is 28.6 Å². The Morgan fingerprint density at radius 2 is 1.86 bits per heavy atom. The summed E-state index contributed by atoms with van der Waals surface area (Å²) in [5, 5.41) is 8.47. The van der Waals surface area contributed by atoms with E-state index in [2.05, 4.69) is 20.9 Å². The summed E-state index contributed by atoms with van der Waals surface area (Å²) in [6.45, 7) is 5.45. The number of benzene rings is 2. The second-order valence-electron chi connectivity index (χ2n) is 8.36. The highest BCUT2D eigenvalue weighted by atomic mass is 35.5. The predicted octanol–water partition coefficient (Wildman–Crippen LogP) is 4.93. The van der Waals surface area contributed by atoms with Crippen LogP contribution in [-0.2, 0) is 9.59 Å². The van der Waals surface area contributed by atoms with E-state index >= 15 is 0 Å². The Morgan fingerprint density at radius 3 is 2.54 bits per heavy atom. The van der Waals surface area contributed by atoms with Crippen LogP contribution in [0.2, 0.25) is 0 Å². The van der Waals surface area contributed by atoms with E-state index in [9.17, 15) is 18.8 Å². The molecule has 0 saturated carbocycles. The van der Waals surface area contributed by atoms with Crippen molar-refractivity contribution in [3.63, 3.8) is 0 Å². The molecule has 4 N–H and O–H groups in total. The normalized spacial score (nSPS) is 14.4. The topological polar surface area (TPSA) is 103 Å². The Bertz CT molecular complexity index is 1360. The fraction of sp³-hybridized carbons (Fsp3) is 0.192. The van der Waals surface area contributed by atoms with Gasteiger partial charge in [0.15, 0.2) is 0 Å². The smallest absolute Gasteiger partial charge is 0.256 e. The molecular formula is C26H24ClFN4O3. The summed E-state index contributed by atoms with van der Waals surface area (Å²) in [7, 11) is 0. The zero-order valence-electron chi connectivity index (χ0n) is 19.4. The summed E-state index contributed by atoms with van der Waals surface area (Å²) in [6.07, 6.45) is 1.70. The molecule has 0 radical (unpaired) electrons. The maximum absolute atomic E-state index is 13.2. The number of aromatic amines is 1. The van der Waals surface area contributed by atoms with E-state index in [1.54, 1.807) is 36.4 Å². The monoisotopic (exact) mass is 494 g/mol. The highest BCUT2D eigenvalue weighted by Gasteiger charge is 2.26. The third kappa shape index (κ3) is 4.97. The molecule has 1 aromatic heterocycles. The van der Waals surface area contributed by atoms with Crippen molar-refractivity contribution in [3.05, 3.63) is 81.9 Å². The van der Waals surface area contributed by atoms with Crippen molar-refractivity contribution in [1.82, 2.24) is 10.3 Å². The molecule has 0 spiro atoms. The summed E-state index contributed by atoms with van der Waals surface area (Å²) in [5.41, 5.74) is 5.50. The second-order valence-corrected chi connectivity index (χ2v) is 8.63. The van der Waals surface area contributed by atoms with Crippen LogP contribution in [0, 0.1) is 19.7 Å². The first-order valence-electron chi connectivity index (χ1n) is 11.0. The summed E-state index contributed by atoms with van der Waals surface area (Å²) >= 11 is 5.60. The van der Waals surface area contributed by atoms with E-state index in [0.717, 1.165) is 16.8 Å². The van der Waals surface area contributed by atoms with Gasteiger partial charge in [0.25, 0.3) is 11.8 Å². The summed E-state index contributed by atoms with van der Waals surface area (Å²) in [4.78, 5) is 40.6. The van der Waals surface area contributed by atoms with Crippen LogP contribution in [0.5, 0.6) is 0 Å².